The minimum absolute atomic E-state index is 0.0510. The molecule has 1 aromatic rings. The van der Waals surface area contributed by atoms with Crippen LogP contribution in [0.15, 0.2) is 35.3 Å². The first-order chi connectivity index (χ1) is 14.7. The van der Waals surface area contributed by atoms with E-state index >= 15 is 0 Å². The van der Waals surface area contributed by atoms with Crippen LogP contribution in [0.2, 0.25) is 0 Å². The Labute approximate surface area is 183 Å². The van der Waals surface area contributed by atoms with Gasteiger partial charge in [0.05, 0.1) is 7.11 Å². The molecule has 0 radical (unpaired) electrons. The molecule has 1 fully saturated rings. The van der Waals surface area contributed by atoms with Crippen LogP contribution in [0.25, 0.3) is 0 Å². The van der Waals surface area contributed by atoms with Crippen molar-refractivity contribution < 1.29 is 28.6 Å². The highest BCUT2D eigenvalue weighted by molar-refractivity contribution is 6.37. The fourth-order valence-corrected chi connectivity index (χ4v) is 3.25. The number of carbonyl (C=O) groups is 3. The van der Waals surface area contributed by atoms with Gasteiger partial charge in [-0.25, -0.2) is 14.4 Å². The van der Waals surface area contributed by atoms with Crippen LogP contribution in [0.3, 0.4) is 0 Å². The number of nitrogens with zero attached hydrogens (tertiary/aromatic N) is 2. The first-order valence-corrected chi connectivity index (χ1v) is 10.5. The number of ether oxygens (including phenoxy) is 3. The van der Waals surface area contributed by atoms with E-state index in [0.717, 1.165) is 18.4 Å². The molecule has 0 spiro atoms. The lowest BCUT2D eigenvalue weighted by molar-refractivity contribution is -0.132. The SMILES string of the molecule is COC(=O)C(CCC1CCN(C(=O)OC(C)(C)C)CC1)=NC(=O)OCc1ccccc1. The molecule has 8 heteroatoms. The molecule has 1 saturated heterocycles. The van der Waals surface area contributed by atoms with Crippen LogP contribution >= 0.6 is 0 Å². The molecule has 0 N–H and O–H groups in total. The van der Waals surface area contributed by atoms with Gasteiger partial charge in [-0.3, -0.25) is 0 Å². The normalized spacial score (nSPS) is 15.4. The van der Waals surface area contributed by atoms with E-state index in [0.29, 0.717) is 31.8 Å². The van der Waals surface area contributed by atoms with Gasteiger partial charge >= 0.3 is 18.2 Å². The third kappa shape index (κ3) is 8.78. The van der Waals surface area contributed by atoms with Gasteiger partial charge in [0.25, 0.3) is 0 Å². The summed E-state index contributed by atoms with van der Waals surface area (Å²) in [6.45, 7) is 6.82. The van der Waals surface area contributed by atoms with Crippen molar-refractivity contribution in [1.82, 2.24) is 4.90 Å². The summed E-state index contributed by atoms with van der Waals surface area (Å²) in [7, 11) is 1.26. The summed E-state index contributed by atoms with van der Waals surface area (Å²) in [5.74, 6) is -0.322. The Kier molecular flexibility index (Phi) is 9.03. The molecule has 1 heterocycles. The average Bonchev–Trinajstić information content (AvgIpc) is 2.74. The van der Waals surface area contributed by atoms with Gasteiger partial charge in [-0.1, -0.05) is 30.3 Å². The predicted molar refractivity (Wildman–Crippen MR) is 116 cm³/mol. The summed E-state index contributed by atoms with van der Waals surface area (Å²) in [6, 6.07) is 9.24. The molecule has 0 aliphatic carbocycles. The van der Waals surface area contributed by atoms with E-state index in [1.54, 1.807) is 4.90 Å². The number of rotatable bonds is 6. The van der Waals surface area contributed by atoms with Crippen LogP contribution in [0.4, 0.5) is 9.59 Å². The monoisotopic (exact) mass is 432 g/mol. The maximum atomic E-state index is 12.2. The molecule has 8 nitrogen and oxygen atoms in total. The zero-order valence-corrected chi connectivity index (χ0v) is 18.8. The summed E-state index contributed by atoms with van der Waals surface area (Å²) < 4.78 is 15.3. The first-order valence-electron chi connectivity index (χ1n) is 10.5. The standard InChI is InChI=1S/C23H32N2O6/c1-23(2,3)31-22(28)25-14-12-17(13-15-25)10-11-19(20(26)29-4)24-21(27)30-16-18-8-6-5-7-9-18/h5-9,17H,10-16H2,1-4H3. The van der Waals surface area contributed by atoms with Crippen molar-refractivity contribution in [2.24, 2.45) is 10.9 Å². The fraction of sp³-hybridized carbons (Fsp3) is 0.565. The number of benzene rings is 1. The van der Waals surface area contributed by atoms with Crippen LogP contribution in [0.1, 0.15) is 52.0 Å². The number of hydrogen-bond donors (Lipinski definition) is 0. The van der Waals surface area contributed by atoms with Crippen molar-refractivity contribution in [2.45, 2.75) is 58.7 Å². The predicted octanol–water partition coefficient (Wildman–Crippen LogP) is 4.36. The second-order valence-corrected chi connectivity index (χ2v) is 8.54. The molecule has 1 aliphatic rings. The number of methoxy groups -OCH3 is 1. The van der Waals surface area contributed by atoms with E-state index in [1.807, 2.05) is 51.1 Å². The Morgan fingerprint density at radius 1 is 1.10 bits per heavy atom. The quantitative estimate of drug-likeness (QED) is 0.376. The average molecular weight is 433 g/mol. The molecule has 0 aromatic heterocycles. The number of likely N-dealkylation sites (tertiary alicyclic amines) is 1. The van der Waals surface area contributed by atoms with Crippen molar-refractivity contribution in [1.29, 1.82) is 0 Å². The van der Waals surface area contributed by atoms with E-state index in [9.17, 15) is 14.4 Å². The van der Waals surface area contributed by atoms with Gasteiger partial charge in [0.2, 0.25) is 0 Å². The van der Waals surface area contributed by atoms with E-state index < -0.39 is 17.7 Å². The van der Waals surface area contributed by atoms with E-state index in [-0.39, 0.29) is 18.4 Å². The zero-order chi connectivity index (χ0) is 22.9. The van der Waals surface area contributed by atoms with Crippen LogP contribution in [0, 0.1) is 5.92 Å². The van der Waals surface area contributed by atoms with E-state index in [2.05, 4.69) is 4.99 Å². The van der Waals surface area contributed by atoms with Crippen molar-refractivity contribution in [3.05, 3.63) is 35.9 Å². The number of amides is 2. The van der Waals surface area contributed by atoms with Crippen molar-refractivity contribution in [3.63, 3.8) is 0 Å². The number of esters is 1. The Morgan fingerprint density at radius 2 is 1.74 bits per heavy atom. The maximum Gasteiger partial charge on any atom is 0.434 e. The minimum atomic E-state index is -0.816. The third-order valence-electron chi connectivity index (χ3n) is 4.91. The van der Waals surface area contributed by atoms with Crippen molar-refractivity contribution >= 4 is 23.9 Å². The molecule has 2 rings (SSSR count). The Bertz CT molecular complexity index is 777. The van der Waals surface area contributed by atoms with Gasteiger partial charge < -0.3 is 19.1 Å². The van der Waals surface area contributed by atoms with Gasteiger partial charge in [-0.05, 0) is 57.9 Å². The smallest absolute Gasteiger partial charge is 0.434 e. The van der Waals surface area contributed by atoms with Crippen molar-refractivity contribution in [2.75, 3.05) is 20.2 Å². The lowest BCUT2D eigenvalue weighted by atomic mass is 9.91. The molecule has 170 valence electrons. The molecule has 0 unspecified atom stereocenters. The number of piperidine rings is 1. The van der Waals surface area contributed by atoms with Crippen LogP contribution in [-0.2, 0) is 25.6 Å². The summed E-state index contributed by atoms with van der Waals surface area (Å²) in [4.78, 5) is 41.8. The lowest BCUT2D eigenvalue weighted by Crippen LogP contribution is -2.41. The van der Waals surface area contributed by atoms with Gasteiger partial charge in [0, 0.05) is 13.1 Å². The largest absolute Gasteiger partial charge is 0.465 e. The Hall–Kier alpha value is -2.90. The maximum absolute atomic E-state index is 12.2. The highest BCUT2D eigenvalue weighted by Crippen LogP contribution is 2.24. The second-order valence-electron chi connectivity index (χ2n) is 8.54. The summed E-state index contributed by atoms with van der Waals surface area (Å²) in [6.07, 6.45) is 1.46. The fourth-order valence-electron chi connectivity index (χ4n) is 3.25. The molecule has 1 aromatic carbocycles. The Balaban J connectivity index is 1.84. The van der Waals surface area contributed by atoms with Gasteiger partial charge in [-0.15, -0.1) is 0 Å². The molecule has 2 amide bonds. The van der Waals surface area contributed by atoms with Crippen LogP contribution in [-0.4, -0.2) is 54.6 Å². The number of hydrogen-bond acceptors (Lipinski definition) is 6. The molecule has 0 atom stereocenters. The minimum Gasteiger partial charge on any atom is -0.465 e. The zero-order valence-electron chi connectivity index (χ0n) is 18.8. The third-order valence-corrected chi connectivity index (χ3v) is 4.91. The molecule has 1 aliphatic heterocycles. The molecular weight excluding hydrogens is 400 g/mol. The van der Waals surface area contributed by atoms with Gasteiger partial charge in [0.1, 0.15) is 17.9 Å². The lowest BCUT2D eigenvalue weighted by Gasteiger charge is -2.33. The van der Waals surface area contributed by atoms with E-state index in [1.165, 1.54) is 7.11 Å². The van der Waals surface area contributed by atoms with E-state index in [4.69, 9.17) is 14.2 Å². The molecule has 31 heavy (non-hydrogen) atoms. The van der Waals surface area contributed by atoms with Crippen LogP contribution in [0.5, 0.6) is 0 Å². The molecular formula is C23H32N2O6. The number of carbonyl (C=O) groups excluding carboxylic acids is 3. The summed E-state index contributed by atoms with van der Waals surface area (Å²) in [5, 5.41) is 0. The number of aliphatic imine (C=N–C) groups is 1. The molecule has 0 saturated carbocycles. The van der Waals surface area contributed by atoms with Crippen molar-refractivity contribution in [3.8, 4) is 0 Å². The first kappa shape index (κ1) is 24.4. The highest BCUT2D eigenvalue weighted by Gasteiger charge is 2.27. The van der Waals surface area contributed by atoms with Gasteiger partial charge in [0.15, 0.2) is 0 Å². The second kappa shape index (κ2) is 11.5. The summed E-state index contributed by atoms with van der Waals surface area (Å²) in [5.41, 5.74) is 0.368. The topological polar surface area (TPSA) is 94.5 Å². The highest BCUT2D eigenvalue weighted by atomic mass is 16.6. The van der Waals surface area contributed by atoms with Crippen LogP contribution < -0.4 is 0 Å². The van der Waals surface area contributed by atoms with Gasteiger partial charge in [-0.2, -0.15) is 4.99 Å². The summed E-state index contributed by atoms with van der Waals surface area (Å²) >= 11 is 0. The molecule has 0 bridgehead atoms. The Morgan fingerprint density at radius 3 is 2.32 bits per heavy atom.